The van der Waals surface area contributed by atoms with E-state index >= 15 is 0 Å². The van der Waals surface area contributed by atoms with E-state index in [9.17, 15) is 0 Å². The summed E-state index contributed by atoms with van der Waals surface area (Å²) in [6.45, 7) is 8.31. The van der Waals surface area contributed by atoms with E-state index in [1.165, 1.54) is 5.56 Å². The van der Waals surface area contributed by atoms with Gasteiger partial charge in [0.15, 0.2) is 0 Å². The second-order valence-corrected chi connectivity index (χ2v) is 5.28. The normalized spacial score (nSPS) is 18.6. The number of rotatable bonds is 7. The molecule has 5 nitrogen and oxygen atoms in total. The summed E-state index contributed by atoms with van der Waals surface area (Å²) < 4.78 is 10.4. The predicted molar refractivity (Wildman–Crippen MR) is 78.1 cm³/mol. The lowest BCUT2D eigenvalue weighted by atomic mass is 10.1. The molecule has 0 spiro atoms. The monoisotopic (exact) mass is 279 g/mol. The molecule has 1 saturated heterocycles. The second-order valence-electron chi connectivity index (χ2n) is 5.28. The van der Waals surface area contributed by atoms with Crippen LogP contribution in [0.1, 0.15) is 35.1 Å². The lowest BCUT2D eigenvalue weighted by Crippen LogP contribution is -2.22. The molecule has 112 valence electrons. The topological polar surface area (TPSA) is 56.3 Å². The summed E-state index contributed by atoms with van der Waals surface area (Å²) in [7, 11) is 1.72. The van der Waals surface area contributed by atoms with Gasteiger partial charge in [0.25, 0.3) is 0 Å². The molecule has 5 heteroatoms. The number of aromatic nitrogens is 2. The van der Waals surface area contributed by atoms with Crippen LogP contribution < -0.4 is 5.32 Å². The third kappa shape index (κ3) is 3.98. The lowest BCUT2D eigenvalue weighted by molar-refractivity contribution is 0.193. The van der Waals surface area contributed by atoms with Crippen LogP contribution in [-0.2, 0) is 15.9 Å². The first-order chi connectivity index (χ1) is 9.72. The highest BCUT2D eigenvalue weighted by Crippen LogP contribution is 2.23. The van der Waals surface area contributed by atoms with E-state index in [-0.39, 0.29) is 0 Å². The van der Waals surface area contributed by atoms with E-state index in [2.05, 4.69) is 29.1 Å². The maximum Gasteiger partial charge on any atom is 0.134 e. The number of hydrogen-bond donors (Lipinski definition) is 1. The largest absolute Gasteiger partial charge is 0.383 e. The molecule has 20 heavy (non-hydrogen) atoms. The minimum Gasteiger partial charge on any atom is -0.383 e. The van der Waals surface area contributed by atoms with Crippen molar-refractivity contribution in [3.8, 4) is 0 Å². The Hall–Kier alpha value is -1.04. The molecule has 1 unspecified atom stereocenters. The zero-order valence-electron chi connectivity index (χ0n) is 12.7. The molecule has 1 fully saturated rings. The summed E-state index contributed by atoms with van der Waals surface area (Å²) in [6.07, 6.45) is 2.00. The average molecular weight is 279 g/mol. The fourth-order valence-corrected chi connectivity index (χ4v) is 2.56. The van der Waals surface area contributed by atoms with Gasteiger partial charge >= 0.3 is 0 Å². The van der Waals surface area contributed by atoms with E-state index in [0.717, 1.165) is 63.0 Å². The Morgan fingerprint density at radius 3 is 2.60 bits per heavy atom. The van der Waals surface area contributed by atoms with Gasteiger partial charge in [-0.05, 0) is 38.8 Å². The summed E-state index contributed by atoms with van der Waals surface area (Å²) in [6, 6.07) is 0. The Balaban J connectivity index is 1.95. The fraction of sp³-hybridized carbons (Fsp3) is 0.733. The molecule has 2 heterocycles. The van der Waals surface area contributed by atoms with Crippen LogP contribution >= 0.6 is 0 Å². The van der Waals surface area contributed by atoms with Crippen LogP contribution in [0.15, 0.2) is 0 Å². The van der Waals surface area contributed by atoms with Crippen LogP contribution in [0.25, 0.3) is 0 Å². The highest BCUT2D eigenvalue weighted by Gasteiger charge is 2.21. The molecule has 0 aliphatic carbocycles. The molecule has 0 amide bonds. The summed E-state index contributed by atoms with van der Waals surface area (Å²) in [4.78, 5) is 9.37. The number of hydrogen-bond acceptors (Lipinski definition) is 5. The van der Waals surface area contributed by atoms with Gasteiger partial charge in [-0.3, -0.25) is 0 Å². The van der Waals surface area contributed by atoms with Crippen molar-refractivity contribution in [2.24, 2.45) is 0 Å². The summed E-state index contributed by atoms with van der Waals surface area (Å²) in [5.41, 5.74) is 3.47. The van der Waals surface area contributed by atoms with Gasteiger partial charge in [0.2, 0.25) is 0 Å². The molecule has 1 aromatic rings. The number of ether oxygens (including phenoxy) is 2. The fourth-order valence-electron chi connectivity index (χ4n) is 2.56. The first-order valence-corrected chi connectivity index (χ1v) is 7.33. The van der Waals surface area contributed by atoms with Crippen molar-refractivity contribution in [2.75, 3.05) is 40.0 Å². The molecule has 1 N–H and O–H groups in total. The van der Waals surface area contributed by atoms with Crippen LogP contribution in [0.2, 0.25) is 0 Å². The third-order valence-corrected chi connectivity index (χ3v) is 3.77. The highest BCUT2D eigenvalue weighted by molar-refractivity contribution is 5.25. The van der Waals surface area contributed by atoms with Crippen LogP contribution in [0.3, 0.4) is 0 Å². The van der Waals surface area contributed by atoms with Gasteiger partial charge < -0.3 is 14.8 Å². The van der Waals surface area contributed by atoms with Gasteiger partial charge in [0.1, 0.15) is 5.82 Å². The molecule has 0 radical (unpaired) electrons. The first kappa shape index (κ1) is 15.4. The summed E-state index contributed by atoms with van der Waals surface area (Å²) in [5, 5.41) is 3.36. The molecule has 0 bridgehead atoms. The Kier molecular flexibility index (Phi) is 5.88. The molecule has 1 aliphatic rings. The van der Waals surface area contributed by atoms with Gasteiger partial charge in [0.05, 0.1) is 13.2 Å². The lowest BCUT2D eigenvalue weighted by Gasteiger charge is -2.13. The molecule has 1 aliphatic heterocycles. The molecule has 0 saturated carbocycles. The number of nitrogens with zero attached hydrogens (tertiary/aromatic N) is 2. The molecular formula is C15H25N3O2. The smallest absolute Gasteiger partial charge is 0.134 e. The maximum atomic E-state index is 5.42. The zero-order chi connectivity index (χ0) is 14.4. The minimum absolute atomic E-state index is 0.376. The van der Waals surface area contributed by atoms with Gasteiger partial charge in [-0.25, -0.2) is 9.97 Å². The first-order valence-electron chi connectivity index (χ1n) is 7.33. The van der Waals surface area contributed by atoms with Crippen molar-refractivity contribution in [1.29, 1.82) is 0 Å². The SMILES string of the molecule is COCCNCCc1c(C)nc(C2CCOC2)nc1C. The standard InChI is InChI=1S/C15H25N3O2/c1-11-14(4-6-16-7-9-19-3)12(2)18-15(17-11)13-5-8-20-10-13/h13,16H,4-10H2,1-3H3. The van der Waals surface area contributed by atoms with E-state index in [1.54, 1.807) is 7.11 Å². The van der Waals surface area contributed by atoms with Crippen molar-refractivity contribution < 1.29 is 9.47 Å². The van der Waals surface area contributed by atoms with Crippen LogP contribution in [0, 0.1) is 13.8 Å². The molecular weight excluding hydrogens is 254 g/mol. The number of nitrogens with one attached hydrogen (secondary N) is 1. The summed E-state index contributed by atoms with van der Waals surface area (Å²) in [5.74, 6) is 1.33. The molecule has 0 aromatic carbocycles. The van der Waals surface area contributed by atoms with E-state index in [1.807, 2.05) is 0 Å². The van der Waals surface area contributed by atoms with Gasteiger partial charge in [-0.2, -0.15) is 0 Å². The van der Waals surface area contributed by atoms with Gasteiger partial charge in [-0.1, -0.05) is 0 Å². The molecule has 1 atom stereocenters. The summed E-state index contributed by atoms with van der Waals surface area (Å²) >= 11 is 0. The van der Waals surface area contributed by atoms with Crippen LogP contribution in [0.4, 0.5) is 0 Å². The van der Waals surface area contributed by atoms with Crippen molar-refractivity contribution in [3.05, 3.63) is 22.8 Å². The van der Waals surface area contributed by atoms with E-state index in [0.29, 0.717) is 5.92 Å². The van der Waals surface area contributed by atoms with Crippen molar-refractivity contribution in [3.63, 3.8) is 0 Å². The maximum absolute atomic E-state index is 5.42. The Morgan fingerprint density at radius 2 is 2.00 bits per heavy atom. The number of methoxy groups -OCH3 is 1. The van der Waals surface area contributed by atoms with Gasteiger partial charge in [0, 0.05) is 37.6 Å². The molecule has 2 rings (SSSR count). The Bertz CT molecular complexity index is 408. The third-order valence-electron chi connectivity index (χ3n) is 3.77. The molecule has 1 aromatic heterocycles. The van der Waals surface area contributed by atoms with Gasteiger partial charge in [-0.15, -0.1) is 0 Å². The zero-order valence-corrected chi connectivity index (χ0v) is 12.7. The van der Waals surface area contributed by atoms with Crippen molar-refractivity contribution in [2.45, 2.75) is 32.6 Å². The minimum atomic E-state index is 0.376. The predicted octanol–water partition coefficient (Wildman–Crippen LogP) is 1.38. The number of aryl methyl sites for hydroxylation is 2. The van der Waals surface area contributed by atoms with E-state index < -0.39 is 0 Å². The average Bonchev–Trinajstić information content (AvgIpc) is 2.95. The van der Waals surface area contributed by atoms with Crippen molar-refractivity contribution >= 4 is 0 Å². The Morgan fingerprint density at radius 1 is 1.25 bits per heavy atom. The Labute approximate surface area is 121 Å². The highest BCUT2D eigenvalue weighted by atomic mass is 16.5. The van der Waals surface area contributed by atoms with Crippen LogP contribution in [0.5, 0.6) is 0 Å². The quantitative estimate of drug-likeness (QED) is 0.764. The van der Waals surface area contributed by atoms with Crippen LogP contribution in [-0.4, -0.2) is 50.0 Å². The van der Waals surface area contributed by atoms with E-state index in [4.69, 9.17) is 9.47 Å². The second kappa shape index (κ2) is 7.67. The van der Waals surface area contributed by atoms with Crippen molar-refractivity contribution in [1.82, 2.24) is 15.3 Å².